The van der Waals surface area contributed by atoms with Gasteiger partial charge in [0.05, 0.1) is 12.2 Å². The molecule has 10 atom stereocenters. The molecule has 4 fully saturated rings. The molecule has 0 spiro atoms. The molecule has 0 aliphatic heterocycles. The quantitative estimate of drug-likeness (QED) is 0.704. The predicted molar refractivity (Wildman–Crippen MR) is 107 cm³/mol. The molecule has 2 N–H and O–H groups in total. The first-order valence-electron chi connectivity index (χ1n) is 11.7. The van der Waals surface area contributed by atoms with E-state index in [2.05, 4.69) is 27.7 Å². The van der Waals surface area contributed by atoms with Crippen LogP contribution in [-0.2, 0) is 0 Å². The van der Waals surface area contributed by atoms with E-state index >= 15 is 0 Å². The van der Waals surface area contributed by atoms with Crippen molar-refractivity contribution >= 4 is 0 Å². The summed E-state index contributed by atoms with van der Waals surface area (Å²) in [5, 5.41) is 21.7. The van der Waals surface area contributed by atoms with Crippen molar-refractivity contribution in [2.75, 3.05) is 0 Å². The van der Waals surface area contributed by atoms with Crippen molar-refractivity contribution in [3.05, 3.63) is 0 Å². The number of aliphatic hydroxyl groups excluding tert-OH is 2. The fourth-order valence-electron chi connectivity index (χ4n) is 8.82. The van der Waals surface area contributed by atoms with E-state index < -0.39 is 0 Å². The Labute approximate surface area is 161 Å². The molecular formula is C24H42O2. The Hall–Kier alpha value is -0.0800. The Morgan fingerprint density at radius 1 is 0.962 bits per heavy atom. The molecule has 0 radical (unpaired) electrons. The maximum atomic E-state index is 11.5. The lowest BCUT2D eigenvalue weighted by atomic mass is 9.43. The normalized spacial score (nSPS) is 54.9. The number of hydrogen-bond donors (Lipinski definition) is 2. The van der Waals surface area contributed by atoms with Gasteiger partial charge in [0, 0.05) is 0 Å². The van der Waals surface area contributed by atoms with Crippen molar-refractivity contribution in [1.29, 1.82) is 0 Å². The Morgan fingerprint density at radius 3 is 2.46 bits per heavy atom. The summed E-state index contributed by atoms with van der Waals surface area (Å²) in [5.74, 6) is 4.37. The minimum Gasteiger partial charge on any atom is -0.393 e. The lowest BCUT2D eigenvalue weighted by molar-refractivity contribution is -0.174. The highest BCUT2D eigenvalue weighted by Crippen LogP contribution is 2.68. The maximum Gasteiger partial charge on any atom is 0.0602 e. The van der Waals surface area contributed by atoms with E-state index in [9.17, 15) is 10.2 Å². The lowest BCUT2D eigenvalue weighted by Gasteiger charge is -2.62. The molecule has 150 valence electrons. The molecule has 0 heterocycles. The molecule has 0 bridgehead atoms. The molecule has 4 saturated carbocycles. The number of rotatable bonds is 3. The molecule has 0 saturated heterocycles. The van der Waals surface area contributed by atoms with E-state index in [0.29, 0.717) is 23.2 Å². The highest BCUT2D eigenvalue weighted by Gasteiger charge is 2.63. The molecule has 0 amide bonds. The van der Waals surface area contributed by atoms with Crippen molar-refractivity contribution in [2.24, 2.45) is 46.3 Å². The van der Waals surface area contributed by atoms with Crippen molar-refractivity contribution in [3.8, 4) is 0 Å². The molecule has 0 unspecified atom stereocenters. The first-order valence-corrected chi connectivity index (χ1v) is 11.7. The standard InChI is InChI=1S/C24H42O2/c1-5-6-15(2)19-9-10-20-18-8-7-16-13-17(25)11-12-23(16,3)21(18)14-22(26)24(19,20)4/h15-22,25-26H,5-14H2,1-4H3/t15-,16-,17-,18+,19-,20+,21+,22-,23+,24-/m1/s1. The summed E-state index contributed by atoms with van der Waals surface area (Å²) >= 11 is 0. The van der Waals surface area contributed by atoms with E-state index in [1.807, 2.05) is 0 Å². The average Bonchev–Trinajstić information content (AvgIpc) is 2.96. The topological polar surface area (TPSA) is 40.5 Å². The van der Waals surface area contributed by atoms with Gasteiger partial charge in [-0.1, -0.05) is 40.5 Å². The molecule has 4 aliphatic carbocycles. The fraction of sp³-hybridized carbons (Fsp3) is 1.00. The van der Waals surface area contributed by atoms with Gasteiger partial charge in [-0.3, -0.25) is 0 Å². The monoisotopic (exact) mass is 362 g/mol. The molecule has 0 aromatic rings. The molecule has 26 heavy (non-hydrogen) atoms. The minimum absolute atomic E-state index is 0.0749. The van der Waals surface area contributed by atoms with Crippen LogP contribution in [0.3, 0.4) is 0 Å². The Kier molecular flexibility index (Phi) is 5.01. The lowest BCUT2D eigenvalue weighted by Crippen LogP contribution is -2.58. The molecule has 4 rings (SSSR count). The largest absolute Gasteiger partial charge is 0.393 e. The zero-order chi connectivity index (χ0) is 18.7. The third-order valence-corrected chi connectivity index (χ3v) is 10.2. The van der Waals surface area contributed by atoms with Gasteiger partial charge in [-0.05, 0) is 97.7 Å². The van der Waals surface area contributed by atoms with Crippen LogP contribution in [0.2, 0.25) is 0 Å². The van der Waals surface area contributed by atoms with E-state index in [1.165, 1.54) is 44.9 Å². The van der Waals surface area contributed by atoms with Crippen LogP contribution in [0.15, 0.2) is 0 Å². The van der Waals surface area contributed by atoms with Gasteiger partial charge in [0.2, 0.25) is 0 Å². The highest BCUT2D eigenvalue weighted by atomic mass is 16.3. The van der Waals surface area contributed by atoms with Gasteiger partial charge in [0.15, 0.2) is 0 Å². The third-order valence-electron chi connectivity index (χ3n) is 10.2. The van der Waals surface area contributed by atoms with Gasteiger partial charge in [-0.15, -0.1) is 0 Å². The summed E-state index contributed by atoms with van der Waals surface area (Å²) in [6, 6.07) is 0. The van der Waals surface area contributed by atoms with Crippen LogP contribution in [0.5, 0.6) is 0 Å². The molecule has 0 aromatic carbocycles. The predicted octanol–water partition coefficient (Wildman–Crippen LogP) is 5.41. The van der Waals surface area contributed by atoms with E-state index in [1.54, 1.807) is 0 Å². The van der Waals surface area contributed by atoms with Crippen LogP contribution >= 0.6 is 0 Å². The first-order chi connectivity index (χ1) is 12.3. The number of hydrogen-bond acceptors (Lipinski definition) is 2. The Balaban J connectivity index is 1.61. The molecule has 2 heteroatoms. The second-order valence-electron chi connectivity index (χ2n) is 11.2. The summed E-state index contributed by atoms with van der Waals surface area (Å²) in [7, 11) is 0. The smallest absolute Gasteiger partial charge is 0.0602 e. The molecule has 4 aliphatic rings. The second-order valence-corrected chi connectivity index (χ2v) is 11.2. The summed E-state index contributed by atoms with van der Waals surface area (Å²) in [6.45, 7) is 9.73. The van der Waals surface area contributed by atoms with Gasteiger partial charge in [0.1, 0.15) is 0 Å². The maximum absolute atomic E-state index is 11.5. The second kappa shape index (κ2) is 6.76. The highest BCUT2D eigenvalue weighted by molar-refractivity contribution is 5.12. The van der Waals surface area contributed by atoms with Gasteiger partial charge in [-0.2, -0.15) is 0 Å². The SMILES string of the molecule is CCC[C@@H](C)[C@H]1CC[C@H]2[C@@H]3CC[C@@H]4C[C@H](O)CC[C@]4(C)[C@H]3C[C@@H](O)[C@]12C. The zero-order valence-corrected chi connectivity index (χ0v) is 17.6. The Morgan fingerprint density at radius 2 is 1.73 bits per heavy atom. The van der Waals surface area contributed by atoms with Crippen LogP contribution in [0.1, 0.15) is 91.9 Å². The summed E-state index contributed by atoms with van der Waals surface area (Å²) in [5.41, 5.74) is 0.505. The summed E-state index contributed by atoms with van der Waals surface area (Å²) < 4.78 is 0. The van der Waals surface area contributed by atoms with Crippen molar-refractivity contribution < 1.29 is 10.2 Å². The van der Waals surface area contributed by atoms with Crippen molar-refractivity contribution in [1.82, 2.24) is 0 Å². The van der Waals surface area contributed by atoms with Crippen molar-refractivity contribution in [3.63, 3.8) is 0 Å². The minimum atomic E-state index is -0.122. The number of fused-ring (bicyclic) bond motifs is 5. The van der Waals surface area contributed by atoms with Crippen LogP contribution in [0, 0.1) is 46.3 Å². The third kappa shape index (κ3) is 2.65. The number of aliphatic hydroxyl groups is 2. The van der Waals surface area contributed by atoms with Gasteiger partial charge in [0.25, 0.3) is 0 Å². The Bertz CT molecular complexity index is 518. The first kappa shape index (κ1) is 19.2. The molecule has 0 aromatic heterocycles. The van der Waals surface area contributed by atoms with Crippen LogP contribution in [-0.4, -0.2) is 22.4 Å². The van der Waals surface area contributed by atoms with E-state index in [-0.39, 0.29) is 17.6 Å². The zero-order valence-electron chi connectivity index (χ0n) is 17.6. The van der Waals surface area contributed by atoms with Crippen LogP contribution < -0.4 is 0 Å². The van der Waals surface area contributed by atoms with Crippen molar-refractivity contribution in [2.45, 2.75) is 104 Å². The van der Waals surface area contributed by atoms with Crippen LogP contribution in [0.4, 0.5) is 0 Å². The molecule has 2 nitrogen and oxygen atoms in total. The average molecular weight is 363 g/mol. The summed E-state index contributed by atoms with van der Waals surface area (Å²) in [6.07, 6.45) is 11.9. The van der Waals surface area contributed by atoms with E-state index in [4.69, 9.17) is 0 Å². The molecular weight excluding hydrogens is 320 g/mol. The van der Waals surface area contributed by atoms with Gasteiger partial charge in [-0.25, -0.2) is 0 Å². The fourth-order valence-corrected chi connectivity index (χ4v) is 8.82. The summed E-state index contributed by atoms with van der Waals surface area (Å²) in [4.78, 5) is 0. The van der Waals surface area contributed by atoms with Gasteiger partial charge >= 0.3 is 0 Å². The van der Waals surface area contributed by atoms with Gasteiger partial charge < -0.3 is 10.2 Å². The van der Waals surface area contributed by atoms with E-state index in [0.717, 1.165) is 37.0 Å². The van der Waals surface area contributed by atoms with Crippen LogP contribution in [0.25, 0.3) is 0 Å².